The molecule has 0 fully saturated rings. The average Bonchev–Trinajstić information content (AvgIpc) is 2.55. The molecule has 0 radical (unpaired) electrons. The van der Waals surface area contributed by atoms with Gasteiger partial charge < -0.3 is 4.90 Å². The van der Waals surface area contributed by atoms with Gasteiger partial charge in [-0.05, 0) is 42.0 Å². The van der Waals surface area contributed by atoms with Crippen LogP contribution < -0.4 is 4.72 Å². The van der Waals surface area contributed by atoms with Crippen molar-refractivity contribution in [3.8, 4) is 0 Å². The normalized spacial score (nSPS) is 11.3. The summed E-state index contributed by atoms with van der Waals surface area (Å²) in [7, 11) is -1.95. The van der Waals surface area contributed by atoms with Crippen molar-refractivity contribution in [1.29, 1.82) is 0 Å². The van der Waals surface area contributed by atoms with E-state index in [1.165, 1.54) is 12.1 Å². The number of amides is 1. The van der Waals surface area contributed by atoms with Crippen LogP contribution in [0.4, 0.5) is 0 Å². The van der Waals surface area contributed by atoms with E-state index in [9.17, 15) is 13.2 Å². The molecule has 8 heteroatoms. The van der Waals surface area contributed by atoms with Crippen LogP contribution in [0.15, 0.2) is 57.9 Å². The van der Waals surface area contributed by atoms with Gasteiger partial charge in [0, 0.05) is 36.1 Å². The maximum atomic E-state index is 12.2. The Balaban J connectivity index is 1.86. The second-order valence-corrected chi connectivity index (χ2v) is 8.60. The van der Waals surface area contributed by atoms with Crippen LogP contribution in [0.1, 0.15) is 12.0 Å². The predicted octanol–water partition coefficient (Wildman–Crippen LogP) is 3.43. The highest BCUT2D eigenvalue weighted by Gasteiger charge is 2.15. The molecule has 2 rings (SSSR count). The smallest absolute Gasteiger partial charge is 0.240 e. The predicted molar refractivity (Wildman–Crippen MR) is 102 cm³/mol. The van der Waals surface area contributed by atoms with Crippen molar-refractivity contribution in [3.05, 3.63) is 63.6 Å². The summed E-state index contributed by atoms with van der Waals surface area (Å²) < 4.78 is 27.6. The van der Waals surface area contributed by atoms with Crippen LogP contribution in [0, 0.1) is 0 Å². The van der Waals surface area contributed by atoms with Crippen LogP contribution in [0.25, 0.3) is 0 Å². The van der Waals surface area contributed by atoms with Crippen LogP contribution in [0.3, 0.4) is 0 Å². The van der Waals surface area contributed by atoms with Crippen LogP contribution in [-0.2, 0) is 21.4 Å². The van der Waals surface area contributed by atoms with E-state index in [2.05, 4.69) is 20.7 Å². The molecule has 0 bridgehead atoms. The largest absolute Gasteiger partial charge is 0.341 e. The van der Waals surface area contributed by atoms with Crippen molar-refractivity contribution >= 4 is 43.5 Å². The number of nitrogens with zero attached hydrogens (tertiary/aromatic N) is 1. The van der Waals surface area contributed by atoms with Gasteiger partial charge in [0.05, 0.1) is 4.90 Å². The van der Waals surface area contributed by atoms with Crippen LogP contribution in [0.2, 0.25) is 5.02 Å². The molecule has 25 heavy (non-hydrogen) atoms. The highest BCUT2D eigenvalue weighted by molar-refractivity contribution is 9.10. The van der Waals surface area contributed by atoms with Gasteiger partial charge in [0.2, 0.25) is 15.9 Å². The fourth-order valence-corrected chi connectivity index (χ4v) is 3.69. The Hall–Kier alpha value is -1.41. The molecule has 0 saturated carbocycles. The van der Waals surface area contributed by atoms with Gasteiger partial charge in [-0.2, -0.15) is 0 Å². The number of benzene rings is 2. The quantitative estimate of drug-likeness (QED) is 0.710. The van der Waals surface area contributed by atoms with Crippen LogP contribution >= 0.6 is 27.5 Å². The zero-order valence-corrected chi connectivity index (χ0v) is 16.7. The molecule has 0 aliphatic rings. The number of hydrogen-bond acceptors (Lipinski definition) is 3. The Bertz CT molecular complexity index is 841. The van der Waals surface area contributed by atoms with E-state index in [-0.39, 0.29) is 23.8 Å². The second kappa shape index (κ2) is 8.80. The van der Waals surface area contributed by atoms with Crippen molar-refractivity contribution in [1.82, 2.24) is 9.62 Å². The van der Waals surface area contributed by atoms with Gasteiger partial charge in [-0.3, -0.25) is 4.79 Å². The molecule has 0 aromatic heterocycles. The van der Waals surface area contributed by atoms with E-state index in [0.717, 1.165) is 10.0 Å². The Morgan fingerprint density at radius 2 is 1.88 bits per heavy atom. The van der Waals surface area contributed by atoms with Crippen molar-refractivity contribution in [2.24, 2.45) is 0 Å². The first-order chi connectivity index (χ1) is 11.8. The minimum absolute atomic E-state index is 0.0388. The van der Waals surface area contributed by atoms with Gasteiger partial charge in [-0.25, -0.2) is 13.1 Å². The second-order valence-electron chi connectivity index (χ2n) is 5.48. The first kappa shape index (κ1) is 19.9. The third-order valence-corrected chi connectivity index (χ3v) is 5.73. The molecule has 0 heterocycles. The van der Waals surface area contributed by atoms with Gasteiger partial charge in [0.1, 0.15) is 0 Å². The molecule has 1 N–H and O–H groups in total. The van der Waals surface area contributed by atoms with E-state index < -0.39 is 10.0 Å². The van der Waals surface area contributed by atoms with Gasteiger partial charge in [0.15, 0.2) is 0 Å². The molecule has 1 amide bonds. The Morgan fingerprint density at radius 3 is 2.52 bits per heavy atom. The summed E-state index contributed by atoms with van der Waals surface area (Å²) in [6.07, 6.45) is 0.0762. The first-order valence-corrected chi connectivity index (χ1v) is 10.2. The summed E-state index contributed by atoms with van der Waals surface area (Å²) in [5, 5.41) is 0.612. The zero-order valence-electron chi connectivity index (χ0n) is 13.6. The number of hydrogen-bond donors (Lipinski definition) is 1. The van der Waals surface area contributed by atoms with E-state index in [1.807, 2.05) is 12.1 Å². The molecule has 134 valence electrons. The van der Waals surface area contributed by atoms with Crippen molar-refractivity contribution in [3.63, 3.8) is 0 Å². The molecular formula is C17H18BrClN2O3S. The monoisotopic (exact) mass is 444 g/mol. The minimum atomic E-state index is -3.62. The first-order valence-electron chi connectivity index (χ1n) is 7.51. The summed E-state index contributed by atoms with van der Waals surface area (Å²) in [5.41, 5.74) is 0.916. The summed E-state index contributed by atoms with van der Waals surface area (Å²) in [6, 6.07) is 13.6. The molecule has 0 unspecified atom stereocenters. The summed E-state index contributed by atoms with van der Waals surface area (Å²) in [6.45, 7) is 0.454. The van der Waals surface area contributed by atoms with Crippen molar-refractivity contribution in [2.75, 3.05) is 13.6 Å². The van der Waals surface area contributed by atoms with Gasteiger partial charge in [-0.1, -0.05) is 39.7 Å². The molecule has 5 nitrogen and oxygen atoms in total. The lowest BCUT2D eigenvalue weighted by molar-refractivity contribution is -0.130. The van der Waals surface area contributed by atoms with Gasteiger partial charge in [0.25, 0.3) is 0 Å². The lowest BCUT2D eigenvalue weighted by Crippen LogP contribution is -2.31. The highest BCUT2D eigenvalue weighted by atomic mass is 79.9. The SMILES string of the molecule is CN(Cc1cccc(Cl)c1)C(=O)CCNS(=O)(=O)c1ccc(Br)cc1. The number of nitrogens with one attached hydrogen (secondary N) is 1. The number of carbonyl (C=O) groups is 1. The van der Waals surface area contributed by atoms with Crippen molar-refractivity contribution in [2.45, 2.75) is 17.9 Å². The molecule has 0 spiro atoms. The average molecular weight is 446 g/mol. The van der Waals surface area contributed by atoms with E-state index in [4.69, 9.17) is 11.6 Å². The third kappa shape index (κ3) is 6.11. The number of rotatable bonds is 7. The number of sulfonamides is 1. The molecule has 0 saturated heterocycles. The number of halogens is 2. The molecule has 0 aliphatic carbocycles. The Morgan fingerprint density at radius 1 is 1.20 bits per heavy atom. The molecule has 2 aromatic carbocycles. The lowest BCUT2D eigenvalue weighted by atomic mass is 10.2. The fourth-order valence-electron chi connectivity index (χ4n) is 2.18. The van der Waals surface area contributed by atoms with Gasteiger partial charge >= 0.3 is 0 Å². The van der Waals surface area contributed by atoms with Crippen molar-refractivity contribution < 1.29 is 13.2 Å². The maximum absolute atomic E-state index is 12.2. The Kier molecular flexibility index (Phi) is 7.01. The molecule has 2 aromatic rings. The summed E-state index contributed by atoms with van der Waals surface area (Å²) in [5.74, 6) is -0.154. The van der Waals surface area contributed by atoms with E-state index >= 15 is 0 Å². The lowest BCUT2D eigenvalue weighted by Gasteiger charge is -2.17. The maximum Gasteiger partial charge on any atom is 0.240 e. The Labute approximate surface area is 161 Å². The van der Waals surface area contributed by atoms with E-state index in [1.54, 1.807) is 36.2 Å². The third-order valence-electron chi connectivity index (χ3n) is 3.49. The fraction of sp³-hybridized carbons (Fsp3) is 0.235. The summed E-state index contributed by atoms with van der Waals surface area (Å²) >= 11 is 9.18. The molecular weight excluding hydrogens is 428 g/mol. The number of carbonyl (C=O) groups excluding carboxylic acids is 1. The van der Waals surface area contributed by atoms with E-state index in [0.29, 0.717) is 11.6 Å². The minimum Gasteiger partial charge on any atom is -0.341 e. The molecule has 0 aliphatic heterocycles. The highest BCUT2D eigenvalue weighted by Crippen LogP contribution is 2.15. The van der Waals surface area contributed by atoms with Crippen LogP contribution in [-0.4, -0.2) is 32.8 Å². The van der Waals surface area contributed by atoms with Crippen LogP contribution in [0.5, 0.6) is 0 Å². The summed E-state index contributed by atoms with van der Waals surface area (Å²) in [4.78, 5) is 13.9. The topological polar surface area (TPSA) is 66.5 Å². The van der Waals surface area contributed by atoms with Gasteiger partial charge in [-0.15, -0.1) is 0 Å². The zero-order chi connectivity index (χ0) is 18.4. The molecule has 0 atom stereocenters. The standard InChI is InChI=1S/C17H18BrClN2O3S/c1-21(12-13-3-2-4-15(19)11-13)17(22)9-10-20-25(23,24)16-7-5-14(18)6-8-16/h2-8,11,20H,9-10,12H2,1H3.